The maximum absolute atomic E-state index is 11.9. The molecule has 0 bridgehead atoms. The summed E-state index contributed by atoms with van der Waals surface area (Å²) in [4.78, 5) is 11.9. The van der Waals surface area contributed by atoms with Crippen molar-refractivity contribution >= 4 is 6.03 Å². The fourth-order valence-electron chi connectivity index (χ4n) is 2.94. The van der Waals surface area contributed by atoms with Crippen LogP contribution in [0.4, 0.5) is 4.79 Å². The Balaban J connectivity index is 1.65. The van der Waals surface area contributed by atoms with Gasteiger partial charge in [0.1, 0.15) is 5.75 Å². The van der Waals surface area contributed by atoms with E-state index >= 15 is 0 Å². The molecule has 1 aliphatic rings. The van der Waals surface area contributed by atoms with Crippen molar-refractivity contribution in [2.75, 3.05) is 13.2 Å². The molecule has 1 fully saturated rings. The van der Waals surface area contributed by atoms with Gasteiger partial charge in [0.15, 0.2) is 0 Å². The normalized spacial score (nSPS) is 20.5. The lowest BCUT2D eigenvalue weighted by atomic mass is 10.1. The third kappa shape index (κ3) is 6.10. The number of rotatable bonds is 7. The van der Waals surface area contributed by atoms with Crippen LogP contribution in [0.5, 0.6) is 5.75 Å². The molecule has 0 radical (unpaired) electrons. The van der Waals surface area contributed by atoms with Crippen LogP contribution in [-0.2, 0) is 6.42 Å². The Morgan fingerprint density at radius 3 is 2.65 bits per heavy atom. The van der Waals surface area contributed by atoms with Gasteiger partial charge in [0.05, 0.1) is 6.10 Å². The monoisotopic (exact) mass is 320 g/mol. The second-order valence-electron chi connectivity index (χ2n) is 6.52. The van der Waals surface area contributed by atoms with Crippen molar-refractivity contribution < 1.29 is 14.6 Å². The summed E-state index contributed by atoms with van der Waals surface area (Å²) in [5, 5.41) is 15.0. The first-order valence-corrected chi connectivity index (χ1v) is 8.47. The summed E-state index contributed by atoms with van der Waals surface area (Å²) in [5.41, 5.74) is 1.17. The van der Waals surface area contributed by atoms with Gasteiger partial charge in [-0.2, -0.15) is 0 Å². The fourth-order valence-corrected chi connectivity index (χ4v) is 2.94. The lowest BCUT2D eigenvalue weighted by Crippen LogP contribution is -2.41. The highest BCUT2D eigenvalue weighted by molar-refractivity contribution is 5.74. The van der Waals surface area contributed by atoms with Gasteiger partial charge in [-0.1, -0.05) is 12.1 Å². The molecule has 2 atom stereocenters. The maximum Gasteiger partial charge on any atom is 0.315 e. The summed E-state index contributed by atoms with van der Waals surface area (Å²) in [7, 11) is 0. The van der Waals surface area contributed by atoms with Gasteiger partial charge in [0.2, 0.25) is 0 Å². The Morgan fingerprint density at radius 1 is 1.30 bits per heavy atom. The minimum Gasteiger partial charge on any atom is -0.491 e. The molecule has 1 aliphatic carbocycles. The molecular formula is C18H28N2O3. The van der Waals surface area contributed by atoms with Crippen LogP contribution in [0, 0.1) is 5.92 Å². The zero-order valence-electron chi connectivity index (χ0n) is 14.0. The molecule has 0 unspecified atom stereocenters. The highest BCUT2D eigenvalue weighted by Crippen LogP contribution is 2.24. The number of aliphatic hydroxyl groups excluding tert-OH is 1. The minimum atomic E-state index is -0.117. The first-order chi connectivity index (χ1) is 11.1. The number of hydrogen-bond donors (Lipinski definition) is 3. The average Bonchev–Trinajstić information content (AvgIpc) is 2.96. The SMILES string of the molecule is CC(C)Oc1ccc(CCNC(=O)N[C@H]2CC[C@@H](CO)C2)cc1. The average molecular weight is 320 g/mol. The number of amides is 2. The molecule has 1 aromatic rings. The van der Waals surface area contributed by atoms with Crippen molar-refractivity contribution in [2.24, 2.45) is 5.92 Å². The van der Waals surface area contributed by atoms with E-state index in [9.17, 15) is 4.79 Å². The molecule has 3 N–H and O–H groups in total. The van der Waals surface area contributed by atoms with Gasteiger partial charge in [0.25, 0.3) is 0 Å². The number of ether oxygens (including phenoxy) is 1. The van der Waals surface area contributed by atoms with Gasteiger partial charge in [-0.15, -0.1) is 0 Å². The van der Waals surface area contributed by atoms with Crippen molar-refractivity contribution in [1.82, 2.24) is 10.6 Å². The number of hydrogen-bond acceptors (Lipinski definition) is 3. The summed E-state index contributed by atoms with van der Waals surface area (Å²) in [6.45, 7) is 4.83. The van der Waals surface area contributed by atoms with E-state index < -0.39 is 0 Å². The third-order valence-electron chi connectivity index (χ3n) is 4.13. The van der Waals surface area contributed by atoms with Gasteiger partial charge in [-0.25, -0.2) is 4.79 Å². The summed E-state index contributed by atoms with van der Waals surface area (Å²) in [5.74, 6) is 1.21. The second-order valence-corrected chi connectivity index (χ2v) is 6.52. The van der Waals surface area contributed by atoms with Gasteiger partial charge in [-0.3, -0.25) is 0 Å². The van der Waals surface area contributed by atoms with E-state index in [1.807, 2.05) is 38.1 Å². The Bertz CT molecular complexity index is 488. The van der Waals surface area contributed by atoms with Crippen molar-refractivity contribution in [2.45, 2.75) is 51.7 Å². The van der Waals surface area contributed by atoms with Crippen LogP contribution >= 0.6 is 0 Å². The quantitative estimate of drug-likeness (QED) is 0.723. The standard InChI is InChI=1S/C18H28N2O3/c1-13(2)23-17-7-4-14(5-8-17)9-10-19-18(22)20-16-6-3-15(11-16)12-21/h4-5,7-8,13,15-16,21H,3,6,9-12H2,1-2H3,(H2,19,20,22)/t15-,16+/m1/s1. The lowest BCUT2D eigenvalue weighted by molar-refractivity contribution is 0.223. The summed E-state index contributed by atoms with van der Waals surface area (Å²) >= 11 is 0. The van der Waals surface area contributed by atoms with Gasteiger partial charge < -0.3 is 20.5 Å². The topological polar surface area (TPSA) is 70.6 Å². The van der Waals surface area contributed by atoms with E-state index in [2.05, 4.69) is 10.6 Å². The predicted octanol–water partition coefficient (Wildman–Crippen LogP) is 2.48. The predicted molar refractivity (Wildman–Crippen MR) is 90.7 cm³/mol. The Hall–Kier alpha value is -1.75. The number of carbonyl (C=O) groups excluding carboxylic acids is 1. The number of aliphatic hydroxyl groups is 1. The molecule has 0 aliphatic heterocycles. The largest absolute Gasteiger partial charge is 0.491 e. The molecule has 1 aromatic carbocycles. The van der Waals surface area contributed by atoms with Crippen LogP contribution in [0.3, 0.4) is 0 Å². The highest BCUT2D eigenvalue weighted by Gasteiger charge is 2.24. The van der Waals surface area contributed by atoms with Gasteiger partial charge in [-0.05, 0) is 63.1 Å². The van der Waals surface area contributed by atoms with Gasteiger partial charge in [0, 0.05) is 19.2 Å². The Kier molecular flexibility index (Phi) is 6.71. The number of urea groups is 1. The second kappa shape index (κ2) is 8.77. The van der Waals surface area contributed by atoms with Crippen molar-refractivity contribution in [3.8, 4) is 5.75 Å². The molecule has 0 spiro atoms. The van der Waals surface area contributed by atoms with Crippen LogP contribution in [0.2, 0.25) is 0 Å². The number of carbonyl (C=O) groups is 1. The fraction of sp³-hybridized carbons (Fsp3) is 0.611. The zero-order valence-corrected chi connectivity index (χ0v) is 14.0. The van der Waals surface area contributed by atoms with E-state index in [1.165, 1.54) is 5.56 Å². The highest BCUT2D eigenvalue weighted by atomic mass is 16.5. The van der Waals surface area contributed by atoms with E-state index in [-0.39, 0.29) is 24.8 Å². The summed E-state index contributed by atoms with van der Waals surface area (Å²) in [6.07, 6.45) is 3.79. The molecule has 0 heterocycles. The molecule has 128 valence electrons. The summed E-state index contributed by atoms with van der Waals surface area (Å²) < 4.78 is 5.61. The Morgan fingerprint density at radius 2 is 2.04 bits per heavy atom. The molecule has 23 heavy (non-hydrogen) atoms. The first kappa shape index (κ1) is 17.6. The molecule has 0 saturated heterocycles. The van der Waals surface area contributed by atoms with Crippen molar-refractivity contribution in [1.29, 1.82) is 0 Å². The minimum absolute atomic E-state index is 0.117. The van der Waals surface area contributed by atoms with Gasteiger partial charge >= 0.3 is 6.03 Å². The molecular weight excluding hydrogens is 292 g/mol. The van der Waals surface area contributed by atoms with Crippen LogP contribution in [0.1, 0.15) is 38.7 Å². The van der Waals surface area contributed by atoms with Crippen LogP contribution in [0.25, 0.3) is 0 Å². The number of benzene rings is 1. The van der Waals surface area contributed by atoms with E-state index in [1.54, 1.807) is 0 Å². The number of nitrogens with one attached hydrogen (secondary N) is 2. The van der Waals surface area contributed by atoms with E-state index in [0.717, 1.165) is 31.4 Å². The first-order valence-electron chi connectivity index (χ1n) is 8.47. The van der Waals surface area contributed by atoms with E-state index in [0.29, 0.717) is 12.5 Å². The van der Waals surface area contributed by atoms with Crippen LogP contribution in [-0.4, -0.2) is 36.4 Å². The molecule has 5 heteroatoms. The Labute approximate surface area is 138 Å². The molecule has 1 saturated carbocycles. The lowest BCUT2D eigenvalue weighted by Gasteiger charge is -2.14. The van der Waals surface area contributed by atoms with Crippen LogP contribution < -0.4 is 15.4 Å². The van der Waals surface area contributed by atoms with E-state index in [4.69, 9.17) is 9.84 Å². The molecule has 2 rings (SSSR count). The van der Waals surface area contributed by atoms with Crippen LogP contribution in [0.15, 0.2) is 24.3 Å². The third-order valence-corrected chi connectivity index (χ3v) is 4.13. The molecule has 5 nitrogen and oxygen atoms in total. The smallest absolute Gasteiger partial charge is 0.315 e. The maximum atomic E-state index is 11.9. The van der Waals surface area contributed by atoms with Crippen molar-refractivity contribution in [3.05, 3.63) is 29.8 Å². The molecule has 0 aromatic heterocycles. The zero-order chi connectivity index (χ0) is 16.7. The van der Waals surface area contributed by atoms with Crippen molar-refractivity contribution in [3.63, 3.8) is 0 Å². The summed E-state index contributed by atoms with van der Waals surface area (Å²) in [6, 6.07) is 8.06. The molecule has 2 amide bonds.